The Kier molecular flexibility index (Phi) is 5.42. The van der Waals surface area contributed by atoms with Crippen LogP contribution in [0.1, 0.15) is 42.5 Å². The Hall–Kier alpha value is -2.15. The van der Waals surface area contributed by atoms with Gasteiger partial charge in [0.15, 0.2) is 0 Å². The van der Waals surface area contributed by atoms with E-state index in [0.29, 0.717) is 6.04 Å². The van der Waals surface area contributed by atoms with E-state index in [-0.39, 0.29) is 0 Å². The summed E-state index contributed by atoms with van der Waals surface area (Å²) in [4.78, 5) is 5.74. The lowest BCUT2D eigenvalue weighted by Crippen LogP contribution is -3.13. The number of aromatic nitrogens is 1. The maximum absolute atomic E-state index is 10.1. The zero-order valence-corrected chi connectivity index (χ0v) is 13.3. The third-order valence-corrected chi connectivity index (χ3v) is 4.49. The van der Waals surface area contributed by atoms with Crippen LogP contribution < -0.4 is 4.90 Å². The van der Waals surface area contributed by atoms with Crippen molar-refractivity contribution in [2.45, 2.75) is 31.4 Å². The molecular weight excluding hydrogens is 284 g/mol. The van der Waals surface area contributed by atoms with Gasteiger partial charge in [0.1, 0.15) is 18.7 Å². The Morgan fingerprint density at radius 3 is 2.83 bits per heavy atom. The number of hydrogen-bond donors (Lipinski definition) is 2. The van der Waals surface area contributed by atoms with Crippen LogP contribution in [-0.4, -0.2) is 23.2 Å². The van der Waals surface area contributed by atoms with Gasteiger partial charge in [-0.15, -0.1) is 0 Å². The molecule has 1 unspecified atom stereocenters. The number of hydrogen-bond acceptors (Lipinski definition) is 2. The molecule has 1 aliphatic heterocycles. The van der Waals surface area contributed by atoms with Crippen LogP contribution >= 0.6 is 0 Å². The van der Waals surface area contributed by atoms with Crippen molar-refractivity contribution in [2.75, 3.05) is 13.1 Å². The molecule has 23 heavy (non-hydrogen) atoms. The smallest absolute Gasteiger partial charge is 0.140 e. The molecule has 1 aromatic carbocycles. The first-order valence-corrected chi connectivity index (χ1v) is 8.30. The summed E-state index contributed by atoms with van der Waals surface area (Å²) in [6.45, 7) is 1.90. The molecule has 2 N–H and O–H groups in total. The van der Waals surface area contributed by atoms with E-state index < -0.39 is 6.10 Å². The average molecular weight is 307 g/mol. The first-order chi connectivity index (χ1) is 11.3. The second-order valence-electron chi connectivity index (χ2n) is 6.05. The van der Waals surface area contributed by atoms with Gasteiger partial charge in [-0.1, -0.05) is 42.3 Å². The predicted octanol–water partition coefficient (Wildman–Crippen LogP) is 1.93. The number of piperidine rings is 1. The Morgan fingerprint density at radius 2 is 2.04 bits per heavy atom. The van der Waals surface area contributed by atoms with E-state index in [2.05, 4.69) is 22.9 Å². The van der Waals surface area contributed by atoms with Crippen molar-refractivity contribution in [1.29, 1.82) is 0 Å². The molecule has 2 aromatic rings. The summed E-state index contributed by atoms with van der Waals surface area (Å²) >= 11 is 0. The van der Waals surface area contributed by atoms with Gasteiger partial charge in [0.05, 0.1) is 6.54 Å². The van der Waals surface area contributed by atoms with Gasteiger partial charge in [-0.05, 0) is 30.4 Å². The van der Waals surface area contributed by atoms with Gasteiger partial charge in [0.25, 0.3) is 0 Å². The van der Waals surface area contributed by atoms with Crippen LogP contribution in [-0.2, 0) is 0 Å². The number of rotatable bonds is 3. The van der Waals surface area contributed by atoms with Crippen LogP contribution in [0, 0.1) is 11.8 Å². The highest BCUT2D eigenvalue weighted by molar-refractivity contribution is 5.24. The Morgan fingerprint density at radius 1 is 1.17 bits per heavy atom. The molecule has 0 amide bonds. The lowest BCUT2D eigenvalue weighted by molar-refractivity contribution is -0.930. The molecule has 1 fully saturated rings. The van der Waals surface area contributed by atoms with Crippen molar-refractivity contribution in [1.82, 2.24) is 4.98 Å². The van der Waals surface area contributed by atoms with Crippen molar-refractivity contribution in [3.63, 3.8) is 0 Å². The van der Waals surface area contributed by atoms with E-state index >= 15 is 0 Å². The van der Waals surface area contributed by atoms with Crippen molar-refractivity contribution >= 4 is 0 Å². The van der Waals surface area contributed by atoms with Crippen LogP contribution in [0.25, 0.3) is 0 Å². The minimum absolute atomic E-state index is 0.473. The molecule has 118 valence electrons. The molecule has 3 heteroatoms. The van der Waals surface area contributed by atoms with Crippen LogP contribution in [0.2, 0.25) is 0 Å². The molecule has 0 spiro atoms. The summed E-state index contributed by atoms with van der Waals surface area (Å²) in [6.07, 6.45) is 6.80. The summed E-state index contributed by atoms with van der Waals surface area (Å²) in [6, 6.07) is 14.3. The molecule has 3 nitrogen and oxygen atoms in total. The van der Waals surface area contributed by atoms with E-state index in [1.165, 1.54) is 29.7 Å². The number of aliphatic hydroxyl groups is 1. The summed E-state index contributed by atoms with van der Waals surface area (Å²) in [7, 11) is 0. The normalized spacial score (nSPS) is 22.0. The van der Waals surface area contributed by atoms with Crippen molar-refractivity contribution in [3.05, 3.63) is 66.0 Å². The highest BCUT2D eigenvalue weighted by atomic mass is 16.3. The number of aliphatic hydroxyl groups excluding tert-OH is 1. The summed E-state index contributed by atoms with van der Waals surface area (Å²) < 4.78 is 0. The third kappa shape index (κ3) is 4.19. The van der Waals surface area contributed by atoms with E-state index in [0.717, 1.165) is 18.7 Å². The summed E-state index contributed by atoms with van der Waals surface area (Å²) in [5, 5.41) is 10.1. The van der Waals surface area contributed by atoms with E-state index in [4.69, 9.17) is 0 Å². The molecule has 1 aliphatic rings. The van der Waals surface area contributed by atoms with Gasteiger partial charge in [-0.25, -0.2) is 0 Å². The minimum Gasteiger partial charge on any atom is -0.376 e. The number of nitrogens with zero attached hydrogens (tertiary/aromatic N) is 1. The van der Waals surface area contributed by atoms with E-state index in [1.807, 2.05) is 48.8 Å². The van der Waals surface area contributed by atoms with Gasteiger partial charge >= 0.3 is 0 Å². The van der Waals surface area contributed by atoms with Crippen molar-refractivity contribution in [2.24, 2.45) is 0 Å². The molecule has 1 saturated heterocycles. The second-order valence-corrected chi connectivity index (χ2v) is 6.05. The van der Waals surface area contributed by atoms with Gasteiger partial charge in [-0.2, -0.15) is 0 Å². The standard InChI is InChI=1S/C20H22N2O/c23-20(17-8-2-1-3-9-17)12-7-15-22-14-5-4-11-19(22)18-10-6-13-21-16-18/h1-3,6,8-10,13,16,19-20,23H,4-5,11,14-15H2/p+1/t19-,20+/m1/s1. The Bertz CT molecular complexity index is 660. The van der Waals surface area contributed by atoms with Crippen molar-refractivity contribution < 1.29 is 10.0 Å². The van der Waals surface area contributed by atoms with Crippen molar-refractivity contribution in [3.8, 4) is 11.8 Å². The lowest BCUT2D eigenvalue weighted by atomic mass is 9.96. The third-order valence-electron chi connectivity index (χ3n) is 4.49. The molecule has 2 heterocycles. The molecule has 0 radical (unpaired) electrons. The monoisotopic (exact) mass is 307 g/mol. The van der Waals surface area contributed by atoms with Crippen LogP contribution in [0.3, 0.4) is 0 Å². The molecule has 0 bridgehead atoms. The minimum atomic E-state index is -0.697. The molecule has 3 atom stereocenters. The average Bonchev–Trinajstić information content (AvgIpc) is 2.63. The van der Waals surface area contributed by atoms with Crippen LogP contribution in [0.15, 0.2) is 54.9 Å². The van der Waals surface area contributed by atoms with E-state index in [1.54, 1.807) is 0 Å². The first-order valence-electron chi connectivity index (χ1n) is 8.30. The van der Waals surface area contributed by atoms with Crippen LogP contribution in [0.4, 0.5) is 0 Å². The number of quaternary nitrogens is 1. The molecule has 0 saturated carbocycles. The zero-order chi connectivity index (χ0) is 15.9. The van der Waals surface area contributed by atoms with Gasteiger partial charge in [0.2, 0.25) is 0 Å². The highest BCUT2D eigenvalue weighted by Gasteiger charge is 2.26. The quantitative estimate of drug-likeness (QED) is 0.850. The van der Waals surface area contributed by atoms with E-state index in [9.17, 15) is 5.11 Å². The van der Waals surface area contributed by atoms with Gasteiger partial charge < -0.3 is 10.0 Å². The molecule has 3 rings (SSSR count). The molecular formula is C20H23N2O+. The predicted molar refractivity (Wildman–Crippen MR) is 90.7 cm³/mol. The number of pyridine rings is 1. The SMILES string of the molecule is O[C@@H](C#CC[NH+]1CCCC[C@@H]1c1cccnc1)c1ccccc1. The number of benzene rings is 1. The maximum atomic E-state index is 10.1. The van der Waals surface area contributed by atoms with Crippen LogP contribution in [0.5, 0.6) is 0 Å². The first kappa shape index (κ1) is 15.7. The lowest BCUT2D eigenvalue weighted by Gasteiger charge is -2.31. The summed E-state index contributed by atoms with van der Waals surface area (Å²) in [5.74, 6) is 6.18. The maximum Gasteiger partial charge on any atom is 0.140 e. The largest absolute Gasteiger partial charge is 0.376 e. The molecule has 1 aromatic heterocycles. The van der Waals surface area contributed by atoms with Gasteiger partial charge in [-0.3, -0.25) is 4.98 Å². The Labute approximate surface area is 138 Å². The number of likely N-dealkylation sites (tertiary alicyclic amines) is 1. The highest BCUT2D eigenvalue weighted by Crippen LogP contribution is 2.18. The zero-order valence-electron chi connectivity index (χ0n) is 13.3. The second kappa shape index (κ2) is 7.92. The van der Waals surface area contributed by atoms with Gasteiger partial charge in [0, 0.05) is 24.4 Å². The Balaban J connectivity index is 1.65. The molecule has 0 aliphatic carbocycles. The fraction of sp³-hybridized carbons (Fsp3) is 0.350. The number of nitrogens with one attached hydrogen (secondary N) is 1. The fourth-order valence-electron chi connectivity index (χ4n) is 3.25. The topological polar surface area (TPSA) is 37.6 Å². The fourth-order valence-corrected chi connectivity index (χ4v) is 3.25. The summed E-state index contributed by atoms with van der Waals surface area (Å²) in [5.41, 5.74) is 2.16.